The van der Waals surface area contributed by atoms with Crippen LogP contribution in [0.15, 0.2) is 182 Å². The number of rotatable bonds is 5. The number of anilines is 3. The van der Waals surface area contributed by atoms with Gasteiger partial charge in [0.2, 0.25) is 0 Å². The lowest BCUT2D eigenvalue weighted by molar-refractivity contribution is 1.29. The zero-order valence-corrected chi connectivity index (χ0v) is 27.9. The molecule has 8 aromatic carbocycles. The zero-order chi connectivity index (χ0) is 33.0. The van der Waals surface area contributed by atoms with E-state index in [4.69, 9.17) is 0 Å². The van der Waals surface area contributed by atoms with Crippen molar-refractivity contribution in [3.8, 4) is 22.3 Å². The molecule has 0 amide bonds. The van der Waals surface area contributed by atoms with Gasteiger partial charge in [-0.3, -0.25) is 4.98 Å². The third-order valence-electron chi connectivity index (χ3n) is 9.92. The molecule has 10 rings (SSSR count). The number of pyridine rings is 1. The van der Waals surface area contributed by atoms with Crippen LogP contribution in [0.25, 0.3) is 74.7 Å². The van der Waals surface area contributed by atoms with Gasteiger partial charge in [0.1, 0.15) is 0 Å². The topological polar surface area (TPSA) is 16.1 Å². The first-order valence-electron chi connectivity index (χ1n) is 16.9. The van der Waals surface area contributed by atoms with E-state index in [1.54, 1.807) is 11.3 Å². The molecule has 0 bridgehead atoms. The fraction of sp³-hybridized carbons (Fsp3) is 0. The molecular formula is C47H30N2S. The molecule has 0 aliphatic heterocycles. The maximum Gasteiger partial charge on any atom is 0.0545 e. The highest BCUT2D eigenvalue weighted by atomic mass is 32.1. The average Bonchev–Trinajstić information content (AvgIpc) is 3.58. The fourth-order valence-corrected chi connectivity index (χ4v) is 8.63. The van der Waals surface area contributed by atoms with E-state index in [0.717, 1.165) is 28.2 Å². The van der Waals surface area contributed by atoms with Gasteiger partial charge in [-0.05, 0) is 91.5 Å². The van der Waals surface area contributed by atoms with Gasteiger partial charge in [0, 0.05) is 50.5 Å². The predicted molar refractivity (Wildman–Crippen MR) is 215 cm³/mol. The summed E-state index contributed by atoms with van der Waals surface area (Å²) in [6.07, 6.45) is 4.00. The number of fused-ring (bicyclic) bond motifs is 8. The smallest absolute Gasteiger partial charge is 0.0545 e. The largest absolute Gasteiger partial charge is 0.310 e. The van der Waals surface area contributed by atoms with Crippen molar-refractivity contribution in [3.63, 3.8) is 0 Å². The molecule has 0 aliphatic carbocycles. The molecule has 0 N–H and O–H groups in total. The van der Waals surface area contributed by atoms with E-state index in [-0.39, 0.29) is 0 Å². The van der Waals surface area contributed by atoms with E-state index in [2.05, 4.69) is 180 Å². The molecule has 0 atom stereocenters. The minimum Gasteiger partial charge on any atom is -0.310 e. The van der Waals surface area contributed by atoms with Crippen molar-refractivity contribution in [2.45, 2.75) is 0 Å². The average molecular weight is 655 g/mol. The molecule has 234 valence electrons. The molecule has 2 heterocycles. The van der Waals surface area contributed by atoms with Gasteiger partial charge in [0.05, 0.1) is 4.70 Å². The van der Waals surface area contributed by atoms with E-state index >= 15 is 0 Å². The summed E-state index contributed by atoms with van der Waals surface area (Å²) in [5.74, 6) is 0. The Hall–Kier alpha value is -6.29. The molecule has 0 aliphatic rings. The van der Waals surface area contributed by atoms with Gasteiger partial charge >= 0.3 is 0 Å². The fourth-order valence-electron chi connectivity index (χ4n) is 7.53. The second-order valence-electron chi connectivity index (χ2n) is 12.8. The van der Waals surface area contributed by atoms with Gasteiger partial charge in [-0.1, -0.05) is 127 Å². The third kappa shape index (κ3) is 4.74. The first-order chi connectivity index (χ1) is 24.8. The first kappa shape index (κ1) is 28.7. The van der Waals surface area contributed by atoms with Crippen molar-refractivity contribution in [2.24, 2.45) is 0 Å². The highest BCUT2D eigenvalue weighted by Gasteiger charge is 2.17. The number of benzene rings is 8. The van der Waals surface area contributed by atoms with E-state index in [9.17, 15) is 0 Å². The number of aromatic nitrogens is 1. The second kappa shape index (κ2) is 11.7. The van der Waals surface area contributed by atoms with Crippen LogP contribution in [0.5, 0.6) is 0 Å². The summed E-state index contributed by atoms with van der Waals surface area (Å²) in [6, 6.07) is 61.7. The van der Waals surface area contributed by atoms with Gasteiger partial charge in [0.25, 0.3) is 0 Å². The van der Waals surface area contributed by atoms with Crippen molar-refractivity contribution in [3.05, 3.63) is 182 Å². The van der Waals surface area contributed by atoms with Crippen molar-refractivity contribution < 1.29 is 0 Å². The number of hydrogen-bond acceptors (Lipinski definition) is 3. The molecule has 0 saturated carbocycles. The maximum atomic E-state index is 4.64. The lowest BCUT2D eigenvalue weighted by Crippen LogP contribution is -2.09. The van der Waals surface area contributed by atoms with Gasteiger partial charge < -0.3 is 4.90 Å². The molecule has 2 aromatic heterocycles. The van der Waals surface area contributed by atoms with Crippen LogP contribution in [0.3, 0.4) is 0 Å². The number of hydrogen-bond donors (Lipinski definition) is 0. The molecule has 2 nitrogen and oxygen atoms in total. The molecule has 0 saturated heterocycles. The predicted octanol–water partition coefficient (Wildman–Crippen LogP) is 13.7. The van der Waals surface area contributed by atoms with E-state index in [1.807, 2.05) is 12.4 Å². The normalized spacial score (nSPS) is 11.6. The van der Waals surface area contributed by atoms with Crippen LogP contribution in [-0.4, -0.2) is 4.98 Å². The summed E-state index contributed by atoms with van der Waals surface area (Å²) < 4.78 is 2.50. The standard InChI is InChI=1S/C47H30N2S/c1-2-8-31(9-3-1)32-18-22-37(23-19-32)49(39-26-27-41-36(28-39)17-16-35-15-14-33-10-4-5-11-40(33)46(35)41)38-24-20-34(21-25-38)43-29-48-30-45-47(43)42-12-6-7-13-44(42)50-45/h1-30H. The van der Waals surface area contributed by atoms with Crippen molar-refractivity contribution in [1.29, 1.82) is 0 Å². The van der Waals surface area contributed by atoms with E-state index in [0.29, 0.717) is 0 Å². The Labute approximate surface area is 294 Å². The van der Waals surface area contributed by atoms with Crippen LogP contribution in [0, 0.1) is 0 Å². The van der Waals surface area contributed by atoms with Crippen LogP contribution in [0.1, 0.15) is 0 Å². The van der Waals surface area contributed by atoms with Gasteiger partial charge in [0.15, 0.2) is 0 Å². The maximum absolute atomic E-state index is 4.64. The van der Waals surface area contributed by atoms with Crippen molar-refractivity contribution >= 4 is 80.9 Å². The highest BCUT2D eigenvalue weighted by Crippen LogP contribution is 2.42. The Morgan fingerprint density at radius 3 is 1.78 bits per heavy atom. The van der Waals surface area contributed by atoms with Gasteiger partial charge in [-0.15, -0.1) is 11.3 Å². The summed E-state index contributed by atoms with van der Waals surface area (Å²) in [5.41, 5.74) is 8.05. The van der Waals surface area contributed by atoms with Crippen LogP contribution >= 0.6 is 11.3 Å². The van der Waals surface area contributed by atoms with Crippen LogP contribution in [-0.2, 0) is 0 Å². The summed E-state index contributed by atoms with van der Waals surface area (Å²) >= 11 is 1.80. The summed E-state index contributed by atoms with van der Waals surface area (Å²) in [5, 5.41) is 10.2. The summed E-state index contributed by atoms with van der Waals surface area (Å²) in [4.78, 5) is 7.00. The summed E-state index contributed by atoms with van der Waals surface area (Å²) in [7, 11) is 0. The lowest BCUT2D eigenvalue weighted by Gasteiger charge is -2.26. The quantitative estimate of drug-likeness (QED) is 0.172. The van der Waals surface area contributed by atoms with Crippen LogP contribution < -0.4 is 4.90 Å². The van der Waals surface area contributed by atoms with Gasteiger partial charge in [-0.25, -0.2) is 0 Å². The molecular weight excluding hydrogens is 625 g/mol. The Bertz CT molecular complexity index is 2850. The Morgan fingerprint density at radius 1 is 0.380 bits per heavy atom. The zero-order valence-electron chi connectivity index (χ0n) is 27.1. The number of thiophene rings is 1. The molecule has 10 aromatic rings. The van der Waals surface area contributed by atoms with Crippen molar-refractivity contribution in [1.82, 2.24) is 4.98 Å². The number of nitrogens with zero attached hydrogens (tertiary/aromatic N) is 2. The summed E-state index contributed by atoms with van der Waals surface area (Å²) in [6.45, 7) is 0. The molecule has 3 heteroatoms. The van der Waals surface area contributed by atoms with Gasteiger partial charge in [-0.2, -0.15) is 0 Å². The molecule has 0 radical (unpaired) electrons. The lowest BCUT2D eigenvalue weighted by atomic mass is 9.96. The first-order valence-corrected chi connectivity index (χ1v) is 17.8. The Kier molecular flexibility index (Phi) is 6.71. The van der Waals surface area contributed by atoms with Crippen LogP contribution in [0.4, 0.5) is 17.1 Å². The highest BCUT2D eigenvalue weighted by molar-refractivity contribution is 7.25. The van der Waals surface area contributed by atoms with E-state index < -0.39 is 0 Å². The Morgan fingerprint density at radius 2 is 0.980 bits per heavy atom. The minimum atomic E-state index is 1.10. The molecule has 0 spiro atoms. The molecule has 0 fully saturated rings. The molecule has 50 heavy (non-hydrogen) atoms. The Balaban J connectivity index is 1.12. The monoisotopic (exact) mass is 654 g/mol. The SMILES string of the molecule is c1ccc(-c2ccc(N(c3ccc(-c4cncc5sc6ccccc6c45)cc3)c3ccc4c(ccc5ccc6ccccc6c54)c3)cc2)cc1. The van der Waals surface area contributed by atoms with Crippen LogP contribution in [0.2, 0.25) is 0 Å². The van der Waals surface area contributed by atoms with Crippen molar-refractivity contribution in [2.75, 3.05) is 4.90 Å². The third-order valence-corrected chi connectivity index (χ3v) is 11.0. The molecule has 0 unspecified atom stereocenters. The second-order valence-corrected chi connectivity index (χ2v) is 13.9. The van der Waals surface area contributed by atoms with E-state index in [1.165, 1.54) is 63.6 Å². The minimum absolute atomic E-state index is 1.10.